The maximum absolute atomic E-state index is 12.1. The van der Waals surface area contributed by atoms with Crippen LogP contribution < -0.4 is 15.6 Å². The van der Waals surface area contributed by atoms with Crippen LogP contribution in [0.25, 0.3) is 10.8 Å². The summed E-state index contributed by atoms with van der Waals surface area (Å²) in [5.41, 5.74) is 4.95. The first kappa shape index (κ1) is 17.8. The van der Waals surface area contributed by atoms with E-state index in [1.807, 2.05) is 36.4 Å². The minimum atomic E-state index is -0.789. The van der Waals surface area contributed by atoms with Gasteiger partial charge in [-0.3, -0.25) is 20.4 Å². The van der Waals surface area contributed by atoms with Crippen molar-refractivity contribution in [2.24, 2.45) is 0 Å². The van der Waals surface area contributed by atoms with E-state index < -0.39 is 17.9 Å². The van der Waals surface area contributed by atoms with Gasteiger partial charge in [0.05, 0.1) is 10.6 Å². The number of hydrogen-bond acceptors (Lipinski definition) is 3. The zero-order chi connectivity index (χ0) is 18.5. The van der Waals surface area contributed by atoms with Crippen molar-refractivity contribution in [3.8, 4) is 5.75 Å². The van der Waals surface area contributed by atoms with Crippen LogP contribution >= 0.6 is 11.6 Å². The van der Waals surface area contributed by atoms with Crippen LogP contribution in [0.1, 0.15) is 17.3 Å². The molecule has 0 aliphatic carbocycles. The molecule has 1 atom stereocenters. The van der Waals surface area contributed by atoms with Crippen molar-refractivity contribution in [1.82, 2.24) is 10.9 Å². The molecule has 0 bridgehead atoms. The molecule has 0 saturated heterocycles. The molecule has 0 aliphatic rings. The summed E-state index contributed by atoms with van der Waals surface area (Å²) in [4.78, 5) is 24.2. The minimum Gasteiger partial charge on any atom is -0.481 e. The Hall–Kier alpha value is -3.05. The minimum absolute atomic E-state index is 0.276. The summed E-state index contributed by atoms with van der Waals surface area (Å²) in [5.74, 6) is -0.399. The molecular weight excluding hydrogens is 352 g/mol. The Balaban J connectivity index is 1.59. The highest BCUT2D eigenvalue weighted by Gasteiger charge is 2.17. The van der Waals surface area contributed by atoms with Crippen LogP contribution in [0.3, 0.4) is 0 Å². The predicted octanol–water partition coefficient (Wildman–Crippen LogP) is 3.72. The number of rotatable bonds is 4. The third kappa shape index (κ3) is 4.13. The van der Waals surface area contributed by atoms with E-state index in [0.717, 1.165) is 10.8 Å². The number of fused-ring (bicyclic) bond motifs is 1. The van der Waals surface area contributed by atoms with Crippen LogP contribution in [0.2, 0.25) is 5.02 Å². The standard InChI is InChI=1S/C20H17ClN2O3/c1-13(26-16-11-10-14-6-2-3-7-15(14)12-16)19(24)22-23-20(25)17-8-4-5-9-18(17)21/h2-13H,1H3,(H,22,24)(H,23,25)/t13-/m1/s1. The van der Waals surface area contributed by atoms with Gasteiger partial charge in [-0.25, -0.2) is 0 Å². The lowest BCUT2D eigenvalue weighted by Crippen LogP contribution is -2.47. The maximum atomic E-state index is 12.1. The van der Waals surface area contributed by atoms with Gasteiger partial charge in [-0.2, -0.15) is 0 Å². The van der Waals surface area contributed by atoms with Crippen molar-refractivity contribution in [2.75, 3.05) is 0 Å². The number of ether oxygens (including phenoxy) is 1. The summed E-state index contributed by atoms with van der Waals surface area (Å²) >= 11 is 5.95. The largest absolute Gasteiger partial charge is 0.481 e. The molecule has 3 aromatic carbocycles. The van der Waals surface area contributed by atoms with E-state index in [4.69, 9.17) is 16.3 Å². The second kappa shape index (κ2) is 7.89. The van der Waals surface area contributed by atoms with Gasteiger partial charge in [-0.15, -0.1) is 0 Å². The van der Waals surface area contributed by atoms with Gasteiger partial charge >= 0.3 is 0 Å². The Morgan fingerprint density at radius 2 is 1.62 bits per heavy atom. The van der Waals surface area contributed by atoms with Gasteiger partial charge in [0.15, 0.2) is 6.10 Å². The van der Waals surface area contributed by atoms with Crippen molar-refractivity contribution in [3.05, 3.63) is 77.3 Å². The normalized spacial score (nSPS) is 11.6. The summed E-state index contributed by atoms with van der Waals surface area (Å²) < 4.78 is 5.66. The van der Waals surface area contributed by atoms with Crippen molar-refractivity contribution in [2.45, 2.75) is 13.0 Å². The van der Waals surface area contributed by atoms with Crippen LogP contribution in [0, 0.1) is 0 Å². The van der Waals surface area contributed by atoms with Crippen molar-refractivity contribution < 1.29 is 14.3 Å². The van der Waals surface area contributed by atoms with Crippen molar-refractivity contribution in [1.29, 1.82) is 0 Å². The van der Waals surface area contributed by atoms with Gasteiger partial charge in [0.1, 0.15) is 5.75 Å². The highest BCUT2D eigenvalue weighted by molar-refractivity contribution is 6.33. The Bertz CT molecular complexity index is 958. The predicted molar refractivity (Wildman–Crippen MR) is 101 cm³/mol. The molecule has 0 saturated carbocycles. The van der Waals surface area contributed by atoms with Gasteiger partial charge in [-0.1, -0.05) is 54.1 Å². The first-order chi connectivity index (χ1) is 12.5. The first-order valence-electron chi connectivity index (χ1n) is 8.05. The van der Waals surface area contributed by atoms with Gasteiger partial charge in [0, 0.05) is 0 Å². The lowest BCUT2D eigenvalue weighted by atomic mass is 10.1. The topological polar surface area (TPSA) is 67.4 Å². The van der Waals surface area contributed by atoms with Crippen molar-refractivity contribution >= 4 is 34.2 Å². The summed E-state index contributed by atoms with van der Waals surface area (Å²) in [6.07, 6.45) is -0.789. The number of carbonyl (C=O) groups excluding carboxylic acids is 2. The van der Waals surface area contributed by atoms with E-state index in [1.165, 1.54) is 0 Å². The first-order valence-corrected chi connectivity index (χ1v) is 8.42. The molecule has 2 amide bonds. The average molecular weight is 369 g/mol. The fourth-order valence-electron chi connectivity index (χ4n) is 2.43. The fourth-order valence-corrected chi connectivity index (χ4v) is 2.65. The van der Waals surface area contributed by atoms with E-state index in [0.29, 0.717) is 10.8 Å². The molecular formula is C20H17ClN2O3. The monoisotopic (exact) mass is 368 g/mol. The molecule has 0 fully saturated rings. The van der Waals surface area contributed by atoms with E-state index in [-0.39, 0.29) is 5.56 Å². The lowest BCUT2D eigenvalue weighted by Gasteiger charge is -2.15. The Morgan fingerprint density at radius 1 is 0.923 bits per heavy atom. The smallest absolute Gasteiger partial charge is 0.279 e. The quantitative estimate of drug-likeness (QED) is 0.690. The average Bonchev–Trinajstić information content (AvgIpc) is 2.66. The molecule has 26 heavy (non-hydrogen) atoms. The summed E-state index contributed by atoms with van der Waals surface area (Å²) in [7, 11) is 0. The van der Waals surface area contributed by atoms with Gasteiger partial charge in [0.2, 0.25) is 0 Å². The van der Waals surface area contributed by atoms with Crippen LogP contribution in [0.5, 0.6) is 5.75 Å². The van der Waals surface area contributed by atoms with Gasteiger partial charge < -0.3 is 4.74 Å². The zero-order valence-corrected chi connectivity index (χ0v) is 14.8. The van der Waals surface area contributed by atoms with Crippen LogP contribution in [-0.4, -0.2) is 17.9 Å². The molecule has 2 N–H and O–H groups in total. The Labute approximate surface area is 155 Å². The lowest BCUT2D eigenvalue weighted by molar-refractivity contribution is -0.128. The van der Waals surface area contributed by atoms with Crippen LogP contribution in [0.4, 0.5) is 0 Å². The Morgan fingerprint density at radius 3 is 2.38 bits per heavy atom. The summed E-state index contributed by atoms with van der Waals surface area (Å²) in [5, 5.41) is 2.41. The number of benzene rings is 3. The highest BCUT2D eigenvalue weighted by Crippen LogP contribution is 2.21. The highest BCUT2D eigenvalue weighted by atomic mass is 35.5. The zero-order valence-electron chi connectivity index (χ0n) is 14.0. The summed E-state index contributed by atoms with van der Waals surface area (Å²) in [6, 6.07) is 20.0. The van der Waals surface area contributed by atoms with Crippen molar-refractivity contribution in [3.63, 3.8) is 0 Å². The fraction of sp³-hybridized carbons (Fsp3) is 0.100. The number of halogens is 1. The Kier molecular flexibility index (Phi) is 5.39. The number of nitrogens with one attached hydrogen (secondary N) is 2. The van der Waals surface area contributed by atoms with Gasteiger partial charge in [0.25, 0.3) is 11.8 Å². The van der Waals surface area contributed by atoms with E-state index in [1.54, 1.807) is 37.3 Å². The molecule has 3 rings (SSSR count). The number of carbonyl (C=O) groups is 2. The molecule has 0 heterocycles. The van der Waals surface area contributed by atoms with E-state index in [2.05, 4.69) is 10.9 Å². The molecule has 3 aromatic rings. The molecule has 0 unspecified atom stereocenters. The van der Waals surface area contributed by atoms with Crippen LogP contribution in [-0.2, 0) is 4.79 Å². The third-order valence-corrected chi connectivity index (χ3v) is 4.15. The second-order valence-electron chi connectivity index (χ2n) is 5.69. The molecule has 0 spiro atoms. The SMILES string of the molecule is C[C@@H](Oc1ccc2ccccc2c1)C(=O)NNC(=O)c1ccccc1Cl. The molecule has 0 radical (unpaired) electrons. The molecule has 0 aromatic heterocycles. The number of amides is 2. The van der Waals surface area contributed by atoms with Gasteiger partial charge in [-0.05, 0) is 42.0 Å². The maximum Gasteiger partial charge on any atom is 0.279 e. The molecule has 6 heteroatoms. The van der Waals surface area contributed by atoms with E-state index >= 15 is 0 Å². The molecule has 0 aliphatic heterocycles. The molecule has 132 valence electrons. The number of hydrogen-bond donors (Lipinski definition) is 2. The second-order valence-corrected chi connectivity index (χ2v) is 6.10. The number of hydrazine groups is 1. The third-order valence-electron chi connectivity index (χ3n) is 3.82. The van der Waals surface area contributed by atoms with Crippen LogP contribution in [0.15, 0.2) is 66.7 Å². The molecule has 5 nitrogen and oxygen atoms in total. The summed E-state index contributed by atoms with van der Waals surface area (Å²) in [6.45, 7) is 1.60. The van der Waals surface area contributed by atoms with E-state index in [9.17, 15) is 9.59 Å².